The van der Waals surface area contributed by atoms with E-state index in [0.717, 1.165) is 37.4 Å². The van der Waals surface area contributed by atoms with Gasteiger partial charge in [-0.3, -0.25) is 9.69 Å². The molecule has 0 bridgehead atoms. The molecule has 1 amide bonds. The van der Waals surface area contributed by atoms with Crippen molar-refractivity contribution in [2.75, 3.05) is 6.54 Å². The van der Waals surface area contributed by atoms with Crippen molar-refractivity contribution in [3.05, 3.63) is 70.2 Å². The van der Waals surface area contributed by atoms with Gasteiger partial charge in [-0.1, -0.05) is 54.4 Å². The summed E-state index contributed by atoms with van der Waals surface area (Å²) < 4.78 is 39.8. The van der Waals surface area contributed by atoms with E-state index >= 15 is 0 Å². The zero-order chi connectivity index (χ0) is 22.0. The fourth-order valence-electron chi connectivity index (χ4n) is 5.05. The summed E-state index contributed by atoms with van der Waals surface area (Å²) in [5.41, 5.74) is -0.0375. The Morgan fingerprint density at radius 2 is 1.84 bits per heavy atom. The third-order valence-corrected chi connectivity index (χ3v) is 6.93. The van der Waals surface area contributed by atoms with E-state index in [1.54, 1.807) is 0 Å². The number of hydrogen-bond donors (Lipinski definition) is 1. The number of rotatable bonds is 5. The van der Waals surface area contributed by atoms with Crippen LogP contribution in [-0.4, -0.2) is 35.5 Å². The van der Waals surface area contributed by atoms with Gasteiger partial charge in [0, 0.05) is 18.1 Å². The Balaban J connectivity index is 1.60. The number of carbonyl (C=O) groups excluding carboxylic acids is 1. The lowest BCUT2D eigenvalue weighted by Crippen LogP contribution is -2.53. The largest absolute Gasteiger partial charge is 0.417 e. The highest BCUT2D eigenvalue weighted by molar-refractivity contribution is 6.34. The number of carbonyl (C=O) groups is 1. The van der Waals surface area contributed by atoms with Crippen LogP contribution >= 0.6 is 11.6 Å². The fourth-order valence-corrected chi connectivity index (χ4v) is 5.37. The monoisotopic (exact) mass is 450 g/mol. The lowest BCUT2D eigenvalue weighted by Gasteiger charge is -2.38. The van der Waals surface area contributed by atoms with Crippen LogP contribution in [0.5, 0.6) is 0 Å². The molecule has 3 unspecified atom stereocenters. The van der Waals surface area contributed by atoms with Gasteiger partial charge in [0.1, 0.15) is 0 Å². The molecule has 166 valence electrons. The van der Waals surface area contributed by atoms with Crippen molar-refractivity contribution in [1.82, 2.24) is 10.2 Å². The molecule has 3 atom stereocenters. The Hall–Kier alpha value is -2.05. The van der Waals surface area contributed by atoms with Crippen LogP contribution in [0.1, 0.15) is 53.6 Å². The summed E-state index contributed by atoms with van der Waals surface area (Å²) in [5, 5.41) is 2.50. The predicted octanol–water partition coefficient (Wildman–Crippen LogP) is 5.72. The quantitative estimate of drug-likeness (QED) is 0.632. The number of benzene rings is 2. The normalized spacial score (nSPS) is 22.7. The summed E-state index contributed by atoms with van der Waals surface area (Å²) >= 11 is 6.01. The first kappa shape index (κ1) is 22.2. The van der Waals surface area contributed by atoms with Crippen LogP contribution in [0.15, 0.2) is 48.5 Å². The number of hydrogen-bond acceptors (Lipinski definition) is 2. The third-order valence-electron chi connectivity index (χ3n) is 6.52. The molecule has 2 saturated heterocycles. The third kappa shape index (κ3) is 4.90. The Morgan fingerprint density at radius 1 is 1.06 bits per heavy atom. The van der Waals surface area contributed by atoms with Crippen molar-refractivity contribution in [2.45, 2.75) is 62.8 Å². The summed E-state index contributed by atoms with van der Waals surface area (Å²) in [7, 11) is 0. The van der Waals surface area contributed by atoms with Crippen LogP contribution in [0.3, 0.4) is 0 Å². The first-order valence-electron chi connectivity index (χ1n) is 10.8. The van der Waals surface area contributed by atoms with E-state index in [1.807, 2.05) is 30.3 Å². The van der Waals surface area contributed by atoms with Crippen LogP contribution in [0, 0.1) is 0 Å². The zero-order valence-electron chi connectivity index (χ0n) is 17.2. The minimum absolute atomic E-state index is 0.136. The minimum atomic E-state index is -4.61. The molecule has 0 saturated carbocycles. The molecule has 2 aliphatic heterocycles. The molecule has 7 heteroatoms. The van der Waals surface area contributed by atoms with Gasteiger partial charge in [-0.25, -0.2) is 0 Å². The summed E-state index contributed by atoms with van der Waals surface area (Å²) in [6, 6.07) is 13.8. The Labute approximate surface area is 185 Å². The van der Waals surface area contributed by atoms with Crippen molar-refractivity contribution in [3.8, 4) is 0 Å². The van der Waals surface area contributed by atoms with E-state index in [0.29, 0.717) is 12.5 Å². The average molecular weight is 451 g/mol. The molecule has 0 spiro atoms. The molecule has 2 aromatic carbocycles. The molecule has 3 nitrogen and oxygen atoms in total. The van der Waals surface area contributed by atoms with E-state index in [9.17, 15) is 18.0 Å². The molecule has 4 rings (SSSR count). The molecular formula is C24H26ClF3N2O. The van der Waals surface area contributed by atoms with Crippen LogP contribution in [0.4, 0.5) is 13.2 Å². The summed E-state index contributed by atoms with van der Waals surface area (Å²) in [4.78, 5) is 15.6. The SMILES string of the molecule is O=C(NC(Cc1ccccc1)C1CCC2CCCCN21)c1cccc(C(F)(F)F)c1Cl. The van der Waals surface area contributed by atoms with Gasteiger partial charge >= 0.3 is 6.18 Å². The first-order chi connectivity index (χ1) is 14.8. The van der Waals surface area contributed by atoms with E-state index in [2.05, 4.69) is 10.2 Å². The van der Waals surface area contributed by atoms with Gasteiger partial charge in [-0.05, 0) is 56.3 Å². The molecule has 2 aromatic rings. The number of nitrogens with one attached hydrogen (secondary N) is 1. The number of halogens is 4. The number of nitrogens with zero attached hydrogens (tertiary/aromatic N) is 1. The second-order valence-corrected chi connectivity index (χ2v) is 8.84. The Morgan fingerprint density at radius 3 is 2.58 bits per heavy atom. The van der Waals surface area contributed by atoms with E-state index in [1.165, 1.54) is 25.0 Å². The van der Waals surface area contributed by atoms with E-state index in [4.69, 9.17) is 11.6 Å². The second kappa shape index (κ2) is 9.21. The lowest BCUT2D eigenvalue weighted by molar-refractivity contribution is -0.137. The number of piperidine rings is 1. The summed E-state index contributed by atoms with van der Waals surface area (Å²) in [6.07, 6.45) is 1.61. The maximum Gasteiger partial charge on any atom is 0.417 e. The number of amides is 1. The number of fused-ring (bicyclic) bond motifs is 1. The topological polar surface area (TPSA) is 32.3 Å². The minimum Gasteiger partial charge on any atom is -0.347 e. The van der Waals surface area contributed by atoms with Gasteiger partial charge in [0.05, 0.1) is 16.1 Å². The molecule has 2 heterocycles. The van der Waals surface area contributed by atoms with Crippen molar-refractivity contribution in [2.24, 2.45) is 0 Å². The van der Waals surface area contributed by atoms with Crippen LogP contribution < -0.4 is 5.32 Å². The van der Waals surface area contributed by atoms with Crippen LogP contribution in [-0.2, 0) is 12.6 Å². The maximum atomic E-state index is 13.3. The van der Waals surface area contributed by atoms with Crippen LogP contribution in [0.25, 0.3) is 0 Å². The number of alkyl halides is 3. The maximum absolute atomic E-state index is 13.3. The van der Waals surface area contributed by atoms with Crippen LogP contribution in [0.2, 0.25) is 5.02 Å². The highest BCUT2D eigenvalue weighted by Gasteiger charge is 2.40. The Kier molecular flexibility index (Phi) is 6.58. The highest BCUT2D eigenvalue weighted by atomic mass is 35.5. The summed E-state index contributed by atoms with van der Waals surface area (Å²) in [6.45, 7) is 1.00. The lowest BCUT2D eigenvalue weighted by atomic mass is 9.96. The molecule has 1 N–H and O–H groups in total. The average Bonchev–Trinajstić information content (AvgIpc) is 3.17. The molecule has 0 aromatic heterocycles. The van der Waals surface area contributed by atoms with Crippen molar-refractivity contribution in [3.63, 3.8) is 0 Å². The van der Waals surface area contributed by atoms with Gasteiger partial charge in [-0.2, -0.15) is 13.2 Å². The first-order valence-corrected chi connectivity index (χ1v) is 11.2. The van der Waals surface area contributed by atoms with Gasteiger partial charge in [0.15, 0.2) is 0 Å². The van der Waals surface area contributed by atoms with E-state index in [-0.39, 0.29) is 17.6 Å². The van der Waals surface area contributed by atoms with Crippen molar-refractivity contribution >= 4 is 17.5 Å². The predicted molar refractivity (Wildman–Crippen MR) is 115 cm³/mol. The molecule has 0 radical (unpaired) electrons. The molecule has 0 aliphatic carbocycles. The Bertz CT molecular complexity index is 919. The molecule has 31 heavy (non-hydrogen) atoms. The standard InChI is InChI=1S/C24H26ClF3N2O/c25-22-18(10-6-11-19(22)24(26,27)28)23(31)29-20(15-16-7-2-1-3-8-16)21-13-12-17-9-4-5-14-30(17)21/h1-3,6-8,10-11,17,20-21H,4-5,9,12-15H2,(H,29,31). The molecule has 2 fully saturated rings. The smallest absolute Gasteiger partial charge is 0.347 e. The van der Waals surface area contributed by atoms with Crippen molar-refractivity contribution < 1.29 is 18.0 Å². The highest BCUT2D eigenvalue weighted by Crippen LogP contribution is 2.37. The molecular weight excluding hydrogens is 425 g/mol. The summed E-state index contributed by atoms with van der Waals surface area (Å²) in [5.74, 6) is -0.558. The molecule has 2 aliphatic rings. The van der Waals surface area contributed by atoms with Gasteiger partial charge in [-0.15, -0.1) is 0 Å². The van der Waals surface area contributed by atoms with Gasteiger partial charge in [0.2, 0.25) is 0 Å². The zero-order valence-corrected chi connectivity index (χ0v) is 17.9. The van der Waals surface area contributed by atoms with Gasteiger partial charge < -0.3 is 5.32 Å². The van der Waals surface area contributed by atoms with E-state index < -0.39 is 22.7 Å². The van der Waals surface area contributed by atoms with Gasteiger partial charge in [0.25, 0.3) is 5.91 Å². The fraction of sp³-hybridized carbons (Fsp3) is 0.458. The second-order valence-electron chi connectivity index (χ2n) is 8.47. The van der Waals surface area contributed by atoms with Crippen molar-refractivity contribution in [1.29, 1.82) is 0 Å².